The first-order chi connectivity index (χ1) is 12.6. The molecule has 0 saturated carbocycles. The Morgan fingerprint density at radius 1 is 0.852 bits per heavy atom. The van der Waals surface area contributed by atoms with Gasteiger partial charge in [-0.05, 0) is 37.5 Å². The summed E-state index contributed by atoms with van der Waals surface area (Å²) in [5.41, 5.74) is 10.8. The maximum atomic E-state index is 2.45. The Labute approximate surface area is 163 Å². The number of benzene rings is 2. The van der Waals surface area contributed by atoms with Gasteiger partial charge in [-0.25, -0.2) is 0 Å². The molecule has 0 unspecified atom stereocenters. The molecule has 0 amide bonds. The van der Waals surface area contributed by atoms with Crippen LogP contribution in [0.5, 0.6) is 0 Å². The second kappa shape index (κ2) is 5.58. The van der Waals surface area contributed by atoms with Crippen LogP contribution >= 0.6 is 0 Å². The second-order valence-corrected chi connectivity index (χ2v) is 9.37. The van der Waals surface area contributed by atoms with E-state index >= 15 is 0 Å². The van der Waals surface area contributed by atoms with E-state index in [0.29, 0.717) is 0 Å². The average molecular weight is 360 g/mol. The number of para-hydroxylation sites is 1. The summed E-state index contributed by atoms with van der Waals surface area (Å²) < 4.78 is 4.72. The van der Waals surface area contributed by atoms with Gasteiger partial charge in [-0.15, -0.1) is 9.36 Å². The van der Waals surface area contributed by atoms with Crippen LogP contribution in [0.2, 0.25) is 0 Å². The lowest BCUT2D eigenvalue weighted by Crippen LogP contribution is -2.51. The molecule has 2 heteroatoms. The molecule has 27 heavy (non-hydrogen) atoms. The first-order valence-corrected chi connectivity index (χ1v) is 9.87. The zero-order valence-electron chi connectivity index (χ0n) is 17.9. The minimum absolute atomic E-state index is 0.0119. The summed E-state index contributed by atoms with van der Waals surface area (Å²) in [5.74, 6) is 0. The van der Waals surface area contributed by atoms with Gasteiger partial charge in [0.25, 0.3) is 0 Å². The molecule has 0 aliphatic carbocycles. The van der Waals surface area contributed by atoms with Crippen LogP contribution in [0.3, 0.4) is 0 Å². The molecule has 1 aliphatic rings. The van der Waals surface area contributed by atoms with Gasteiger partial charge in [0.2, 0.25) is 6.20 Å². The van der Waals surface area contributed by atoms with Crippen LogP contribution in [0.4, 0.5) is 0 Å². The summed E-state index contributed by atoms with van der Waals surface area (Å²) in [6.45, 7) is 16.2. The van der Waals surface area contributed by atoms with Crippen molar-refractivity contribution >= 4 is 0 Å². The number of hydrogen-bond donors (Lipinski definition) is 0. The van der Waals surface area contributed by atoms with E-state index in [-0.39, 0.29) is 10.8 Å². The quantitative estimate of drug-likeness (QED) is 0.510. The summed E-state index contributed by atoms with van der Waals surface area (Å²) >= 11 is 0. The summed E-state index contributed by atoms with van der Waals surface area (Å²) in [4.78, 5) is 0. The number of nitrogens with zero attached hydrogens (tertiary/aromatic N) is 2. The molecule has 0 N–H and O–H groups in total. The Balaban J connectivity index is 2.14. The van der Waals surface area contributed by atoms with Crippen LogP contribution in [0, 0.1) is 20.8 Å². The largest absolute Gasteiger partial charge is 0.203 e. The molecule has 2 heterocycles. The maximum Gasteiger partial charge on any atom is 0.203 e. The minimum atomic E-state index is -0.0119. The zero-order valence-corrected chi connectivity index (χ0v) is 17.9. The van der Waals surface area contributed by atoms with Gasteiger partial charge in [0.1, 0.15) is 11.4 Å². The number of hydrogen-bond acceptors (Lipinski definition) is 0. The number of aromatic nitrogens is 2. The van der Waals surface area contributed by atoms with E-state index in [4.69, 9.17) is 0 Å². The molecule has 140 valence electrons. The molecular weight excluding hydrogens is 328 g/mol. The highest BCUT2D eigenvalue weighted by atomic mass is 15.4. The summed E-state index contributed by atoms with van der Waals surface area (Å²) in [5, 5.41) is 0. The lowest BCUT2D eigenvalue weighted by Gasteiger charge is -2.46. The van der Waals surface area contributed by atoms with Crippen LogP contribution in [0.15, 0.2) is 42.6 Å². The van der Waals surface area contributed by atoms with Crippen molar-refractivity contribution in [2.24, 2.45) is 7.05 Å². The topological polar surface area (TPSA) is 8.81 Å². The standard InChI is InChI=1S/C25H31N2/c1-16-12-17(2)14-19(13-16)20-15-26(8)27-22-18(3)10-9-11-21(22)24(4,5)25(6,7)23(20)27/h9-15H,1-8H3/q+1. The third kappa shape index (κ3) is 2.35. The fourth-order valence-corrected chi connectivity index (χ4v) is 4.87. The van der Waals surface area contributed by atoms with Gasteiger partial charge in [0, 0.05) is 10.8 Å². The normalized spacial score (nSPS) is 16.7. The number of aryl methyl sites for hydroxylation is 4. The van der Waals surface area contributed by atoms with E-state index in [1.807, 2.05) is 0 Å². The Bertz CT molecular complexity index is 1040. The first-order valence-electron chi connectivity index (χ1n) is 9.87. The van der Waals surface area contributed by atoms with Gasteiger partial charge in [0.15, 0.2) is 7.05 Å². The van der Waals surface area contributed by atoms with Crippen LogP contribution in [0.25, 0.3) is 16.8 Å². The van der Waals surface area contributed by atoms with Crippen LogP contribution in [-0.2, 0) is 17.9 Å². The Morgan fingerprint density at radius 3 is 2.11 bits per heavy atom. The lowest BCUT2D eigenvalue weighted by atomic mass is 9.59. The first kappa shape index (κ1) is 18.0. The Kier molecular flexibility index (Phi) is 3.72. The van der Waals surface area contributed by atoms with E-state index < -0.39 is 0 Å². The van der Waals surface area contributed by atoms with E-state index in [2.05, 4.69) is 107 Å². The van der Waals surface area contributed by atoms with Crippen LogP contribution in [0.1, 0.15) is 55.6 Å². The molecule has 0 radical (unpaired) electrons. The predicted octanol–water partition coefficient (Wildman–Crippen LogP) is 5.46. The summed E-state index contributed by atoms with van der Waals surface area (Å²) in [7, 11) is 2.17. The highest BCUT2D eigenvalue weighted by Gasteiger charge is 2.51. The lowest BCUT2D eigenvalue weighted by molar-refractivity contribution is -0.745. The molecule has 4 rings (SSSR count). The Morgan fingerprint density at radius 2 is 1.48 bits per heavy atom. The molecule has 0 atom stereocenters. The third-order valence-corrected chi connectivity index (χ3v) is 6.91. The minimum Gasteiger partial charge on any atom is -0.124 e. The van der Waals surface area contributed by atoms with Crippen molar-refractivity contribution in [1.29, 1.82) is 0 Å². The zero-order chi connectivity index (χ0) is 19.7. The van der Waals surface area contributed by atoms with E-state index in [1.165, 1.54) is 44.8 Å². The smallest absolute Gasteiger partial charge is 0.124 e. The fraction of sp³-hybridized carbons (Fsp3) is 0.400. The van der Waals surface area contributed by atoms with Gasteiger partial charge >= 0.3 is 0 Å². The average Bonchev–Trinajstić information content (AvgIpc) is 2.90. The summed E-state index contributed by atoms with van der Waals surface area (Å²) in [6.07, 6.45) is 2.31. The van der Waals surface area contributed by atoms with Gasteiger partial charge < -0.3 is 0 Å². The number of fused-ring (bicyclic) bond motifs is 3. The van der Waals surface area contributed by atoms with Crippen molar-refractivity contribution in [1.82, 2.24) is 4.68 Å². The van der Waals surface area contributed by atoms with E-state index in [0.717, 1.165) is 0 Å². The molecule has 2 nitrogen and oxygen atoms in total. The molecule has 0 bridgehead atoms. The van der Waals surface area contributed by atoms with Crippen LogP contribution in [-0.4, -0.2) is 4.68 Å². The van der Waals surface area contributed by atoms with Gasteiger partial charge in [-0.3, -0.25) is 0 Å². The molecule has 0 fully saturated rings. The number of rotatable bonds is 1. The van der Waals surface area contributed by atoms with Crippen molar-refractivity contribution in [2.45, 2.75) is 59.3 Å². The molecular formula is C25H31N2+. The van der Waals surface area contributed by atoms with Crippen molar-refractivity contribution in [3.05, 3.63) is 70.5 Å². The van der Waals surface area contributed by atoms with E-state index in [1.54, 1.807) is 0 Å². The highest BCUT2D eigenvalue weighted by Crippen LogP contribution is 2.52. The maximum absolute atomic E-state index is 2.45. The van der Waals surface area contributed by atoms with E-state index in [9.17, 15) is 0 Å². The predicted molar refractivity (Wildman–Crippen MR) is 113 cm³/mol. The monoisotopic (exact) mass is 359 g/mol. The SMILES string of the molecule is Cc1cc(C)cc(-c2c[n+](C)n3c2C(C)(C)C(C)(C)c2cccc(C)c2-3)c1. The molecule has 2 aromatic carbocycles. The second-order valence-electron chi connectivity index (χ2n) is 9.37. The third-order valence-electron chi connectivity index (χ3n) is 6.91. The van der Waals surface area contributed by atoms with Gasteiger partial charge in [0.05, 0.1) is 5.56 Å². The van der Waals surface area contributed by atoms with Crippen LogP contribution < -0.4 is 4.68 Å². The van der Waals surface area contributed by atoms with Crippen molar-refractivity contribution in [3.63, 3.8) is 0 Å². The van der Waals surface area contributed by atoms with Gasteiger partial charge in [-0.2, -0.15) is 0 Å². The fourth-order valence-electron chi connectivity index (χ4n) is 4.87. The molecule has 1 aliphatic heterocycles. The summed E-state index contributed by atoms with van der Waals surface area (Å²) in [6, 6.07) is 13.6. The molecule has 0 saturated heterocycles. The molecule has 1 aromatic heterocycles. The van der Waals surface area contributed by atoms with Gasteiger partial charge in [-0.1, -0.05) is 75.2 Å². The van der Waals surface area contributed by atoms with Crippen molar-refractivity contribution in [2.75, 3.05) is 0 Å². The van der Waals surface area contributed by atoms with Crippen molar-refractivity contribution < 1.29 is 4.68 Å². The molecule has 3 aromatic rings. The Hall–Kier alpha value is -2.35. The molecule has 0 spiro atoms. The van der Waals surface area contributed by atoms with Crippen molar-refractivity contribution in [3.8, 4) is 16.8 Å². The highest BCUT2D eigenvalue weighted by molar-refractivity contribution is 5.71.